The van der Waals surface area contributed by atoms with Crippen LogP contribution in [0.2, 0.25) is 5.02 Å². The van der Waals surface area contributed by atoms with Crippen molar-refractivity contribution in [2.75, 3.05) is 13.2 Å². The number of carbonyl (C=O) groups excluding carboxylic acids is 1. The van der Waals surface area contributed by atoms with Crippen LogP contribution in [0.5, 0.6) is 5.75 Å². The molecule has 4 heteroatoms. The maximum Gasteiger partial charge on any atom is 0.224 e. The van der Waals surface area contributed by atoms with Crippen molar-refractivity contribution in [1.82, 2.24) is 5.32 Å². The number of benzene rings is 2. The Hall–Kier alpha value is -2.00. The van der Waals surface area contributed by atoms with Crippen molar-refractivity contribution >= 4 is 17.5 Å². The zero-order valence-electron chi connectivity index (χ0n) is 14.1. The molecule has 0 heterocycles. The lowest BCUT2D eigenvalue weighted by molar-refractivity contribution is -0.120. The van der Waals surface area contributed by atoms with E-state index in [1.165, 1.54) is 5.56 Å². The third-order valence-corrected chi connectivity index (χ3v) is 4.06. The highest BCUT2D eigenvalue weighted by Gasteiger charge is 2.07. The Morgan fingerprint density at radius 3 is 2.54 bits per heavy atom. The van der Waals surface area contributed by atoms with E-state index in [1.54, 1.807) is 6.07 Å². The molecule has 0 atom stereocenters. The minimum atomic E-state index is -0.00128. The van der Waals surface area contributed by atoms with Gasteiger partial charge in [-0.25, -0.2) is 0 Å². The molecule has 0 saturated carbocycles. The predicted molar refractivity (Wildman–Crippen MR) is 98.7 cm³/mol. The van der Waals surface area contributed by atoms with Gasteiger partial charge in [-0.1, -0.05) is 54.9 Å². The molecule has 2 aromatic carbocycles. The summed E-state index contributed by atoms with van der Waals surface area (Å²) >= 11 is 6.07. The first-order valence-corrected chi connectivity index (χ1v) is 8.79. The number of ether oxygens (including phenoxy) is 1. The predicted octanol–water partition coefficient (Wildman–Crippen LogP) is 4.42. The van der Waals surface area contributed by atoms with E-state index in [2.05, 4.69) is 18.3 Å². The Bertz CT molecular complexity index is 658. The lowest BCUT2D eigenvalue weighted by Crippen LogP contribution is -2.26. The van der Waals surface area contributed by atoms with Crippen LogP contribution in [0.25, 0.3) is 0 Å². The van der Waals surface area contributed by atoms with E-state index < -0.39 is 0 Å². The number of carbonyl (C=O) groups is 1. The summed E-state index contributed by atoms with van der Waals surface area (Å²) in [6, 6.07) is 15.5. The molecule has 0 unspecified atom stereocenters. The second-order valence-corrected chi connectivity index (χ2v) is 6.09. The fourth-order valence-electron chi connectivity index (χ4n) is 2.45. The van der Waals surface area contributed by atoms with E-state index in [0.29, 0.717) is 18.0 Å². The molecule has 0 saturated heterocycles. The molecule has 128 valence electrons. The van der Waals surface area contributed by atoms with Crippen molar-refractivity contribution in [3.63, 3.8) is 0 Å². The van der Waals surface area contributed by atoms with Crippen LogP contribution in [0.15, 0.2) is 48.5 Å². The second kappa shape index (κ2) is 9.99. The molecular formula is C20H24ClNO2. The molecule has 3 nitrogen and oxygen atoms in total. The molecule has 1 amide bonds. The average molecular weight is 346 g/mol. The van der Waals surface area contributed by atoms with Gasteiger partial charge in [0.15, 0.2) is 0 Å². The van der Waals surface area contributed by atoms with Crippen molar-refractivity contribution < 1.29 is 9.53 Å². The van der Waals surface area contributed by atoms with Crippen LogP contribution in [0, 0.1) is 0 Å². The molecule has 0 aliphatic carbocycles. The van der Waals surface area contributed by atoms with Crippen molar-refractivity contribution in [3.05, 3.63) is 64.7 Å². The first kappa shape index (κ1) is 18.3. The minimum Gasteiger partial charge on any atom is -0.493 e. The topological polar surface area (TPSA) is 38.3 Å². The van der Waals surface area contributed by atoms with E-state index >= 15 is 0 Å². The van der Waals surface area contributed by atoms with Crippen molar-refractivity contribution in [3.8, 4) is 5.75 Å². The molecule has 2 rings (SSSR count). The van der Waals surface area contributed by atoms with Crippen LogP contribution >= 0.6 is 11.6 Å². The van der Waals surface area contributed by atoms with Gasteiger partial charge < -0.3 is 10.1 Å². The second-order valence-electron chi connectivity index (χ2n) is 5.68. The van der Waals surface area contributed by atoms with Crippen molar-refractivity contribution in [1.29, 1.82) is 0 Å². The summed E-state index contributed by atoms with van der Waals surface area (Å²) in [6.07, 6.45) is 3.06. The Labute approximate surface area is 149 Å². The Balaban J connectivity index is 1.75. The zero-order valence-corrected chi connectivity index (χ0v) is 14.8. The van der Waals surface area contributed by atoms with E-state index in [0.717, 1.165) is 37.2 Å². The van der Waals surface area contributed by atoms with Crippen molar-refractivity contribution in [2.24, 2.45) is 0 Å². The average Bonchev–Trinajstić information content (AvgIpc) is 2.60. The van der Waals surface area contributed by atoms with Gasteiger partial charge >= 0.3 is 0 Å². The minimum absolute atomic E-state index is 0.00128. The Morgan fingerprint density at radius 2 is 1.79 bits per heavy atom. The molecule has 0 spiro atoms. The van der Waals surface area contributed by atoms with Crippen LogP contribution < -0.4 is 10.1 Å². The van der Waals surface area contributed by atoms with Gasteiger partial charge in [-0.2, -0.15) is 0 Å². The third kappa shape index (κ3) is 5.89. The molecule has 0 fully saturated rings. The number of halogens is 1. The standard InChI is InChI=1S/C20H24ClNO2/c1-2-14-24-19-12-6-4-8-16(19)10-7-13-22-20(23)15-17-9-3-5-11-18(17)21/h3-6,8-9,11-12H,2,7,10,13-15H2,1H3,(H,22,23). The quantitative estimate of drug-likeness (QED) is 0.683. The molecule has 1 N–H and O–H groups in total. The SMILES string of the molecule is CCCOc1ccccc1CCCNC(=O)Cc1ccccc1Cl. The van der Waals surface area contributed by atoms with Crippen LogP contribution in [0.4, 0.5) is 0 Å². The monoisotopic (exact) mass is 345 g/mol. The van der Waals surface area contributed by atoms with E-state index in [1.807, 2.05) is 36.4 Å². The maximum absolute atomic E-state index is 12.0. The number of rotatable bonds is 9. The fourth-order valence-corrected chi connectivity index (χ4v) is 2.65. The van der Waals surface area contributed by atoms with Gasteiger partial charge in [0.1, 0.15) is 5.75 Å². The molecule has 0 aliphatic heterocycles. The first-order chi connectivity index (χ1) is 11.7. The summed E-state index contributed by atoms with van der Waals surface area (Å²) < 4.78 is 5.75. The number of nitrogens with one attached hydrogen (secondary N) is 1. The summed E-state index contributed by atoms with van der Waals surface area (Å²) in [7, 11) is 0. The van der Waals surface area contributed by atoms with Gasteiger partial charge in [-0.05, 0) is 42.5 Å². The van der Waals surface area contributed by atoms with Crippen LogP contribution in [-0.2, 0) is 17.6 Å². The third-order valence-electron chi connectivity index (χ3n) is 3.69. The Morgan fingerprint density at radius 1 is 1.08 bits per heavy atom. The molecule has 0 bridgehead atoms. The molecular weight excluding hydrogens is 322 g/mol. The number of aryl methyl sites for hydroxylation is 1. The molecule has 24 heavy (non-hydrogen) atoms. The molecule has 2 aromatic rings. The summed E-state index contributed by atoms with van der Waals surface area (Å²) in [5.41, 5.74) is 2.04. The van der Waals surface area contributed by atoms with Gasteiger partial charge in [0.05, 0.1) is 13.0 Å². The van der Waals surface area contributed by atoms with Crippen LogP contribution in [0.3, 0.4) is 0 Å². The summed E-state index contributed by atoms with van der Waals surface area (Å²) in [6.45, 7) is 3.47. The molecule has 0 aromatic heterocycles. The fraction of sp³-hybridized carbons (Fsp3) is 0.350. The van der Waals surface area contributed by atoms with Gasteiger partial charge in [0.2, 0.25) is 5.91 Å². The summed E-state index contributed by atoms with van der Waals surface area (Å²) in [4.78, 5) is 12.0. The Kier molecular flexibility index (Phi) is 7.63. The largest absolute Gasteiger partial charge is 0.493 e. The lowest BCUT2D eigenvalue weighted by Gasteiger charge is -2.11. The van der Waals surface area contributed by atoms with Gasteiger partial charge in [0, 0.05) is 11.6 Å². The van der Waals surface area contributed by atoms with Gasteiger partial charge in [-0.15, -0.1) is 0 Å². The smallest absolute Gasteiger partial charge is 0.224 e. The zero-order chi connectivity index (χ0) is 17.2. The number of para-hydroxylation sites is 1. The maximum atomic E-state index is 12.0. The summed E-state index contributed by atoms with van der Waals surface area (Å²) in [5.74, 6) is 0.945. The van der Waals surface area contributed by atoms with E-state index in [9.17, 15) is 4.79 Å². The lowest BCUT2D eigenvalue weighted by atomic mass is 10.1. The highest BCUT2D eigenvalue weighted by atomic mass is 35.5. The van der Waals surface area contributed by atoms with Gasteiger partial charge in [0.25, 0.3) is 0 Å². The number of hydrogen-bond donors (Lipinski definition) is 1. The highest BCUT2D eigenvalue weighted by Crippen LogP contribution is 2.19. The molecule has 0 aliphatic rings. The first-order valence-electron chi connectivity index (χ1n) is 8.41. The highest BCUT2D eigenvalue weighted by molar-refractivity contribution is 6.31. The number of amides is 1. The van der Waals surface area contributed by atoms with Crippen LogP contribution in [0.1, 0.15) is 30.9 Å². The van der Waals surface area contributed by atoms with Crippen LogP contribution in [-0.4, -0.2) is 19.1 Å². The van der Waals surface area contributed by atoms with Gasteiger partial charge in [-0.3, -0.25) is 4.79 Å². The van der Waals surface area contributed by atoms with E-state index in [4.69, 9.17) is 16.3 Å². The van der Waals surface area contributed by atoms with E-state index in [-0.39, 0.29) is 5.91 Å². The normalized spacial score (nSPS) is 10.4. The summed E-state index contributed by atoms with van der Waals surface area (Å²) in [5, 5.41) is 3.59. The number of hydrogen-bond acceptors (Lipinski definition) is 2. The van der Waals surface area contributed by atoms with Crippen molar-refractivity contribution in [2.45, 2.75) is 32.6 Å². The molecule has 0 radical (unpaired) electrons.